The molecular weight excluding hydrogens is 554 g/mol. The third kappa shape index (κ3) is 7.40. The quantitative estimate of drug-likeness (QED) is 0.120. The fourth-order valence-electron chi connectivity index (χ4n) is 4.95. The summed E-state index contributed by atoms with van der Waals surface area (Å²) in [7, 11) is 3.28. The predicted octanol–water partition coefficient (Wildman–Crippen LogP) is 4.25. The molecule has 0 aliphatic heterocycles. The van der Waals surface area contributed by atoms with Crippen LogP contribution in [0.5, 0.6) is 0 Å². The highest BCUT2D eigenvalue weighted by Gasteiger charge is 2.41. The normalized spacial score (nSPS) is 12.0. The van der Waals surface area contributed by atoms with Gasteiger partial charge < -0.3 is 31.9 Å². The van der Waals surface area contributed by atoms with Gasteiger partial charge in [-0.05, 0) is 53.4 Å². The van der Waals surface area contributed by atoms with Crippen molar-refractivity contribution in [2.24, 2.45) is 5.73 Å². The van der Waals surface area contributed by atoms with Gasteiger partial charge in [0.2, 0.25) is 5.91 Å². The molecular formula is C34H37N7O3. The van der Waals surface area contributed by atoms with E-state index in [1.54, 1.807) is 69.6 Å². The Hall–Kier alpha value is -5.64. The van der Waals surface area contributed by atoms with Crippen molar-refractivity contribution in [2.75, 3.05) is 24.3 Å². The number of benzene rings is 4. The van der Waals surface area contributed by atoms with Gasteiger partial charge in [0.15, 0.2) is 5.96 Å². The minimum atomic E-state index is -1.51. The third-order valence-corrected chi connectivity index (χ3v) is 7.38. The van der Waals surface area contributed by atoms with E-state index in [0.29, 0.717) is 16.9 Å². The molecule has 0 heterocycles. The molecule has 44 heavy (non-hydrogen) atoms. The average molecular weight is 592 g/mol. The van der Waals surface area contributed by atoms with E-state index in [4.69, 9.17) is 11.1 Å². The number of carbonyl (C=O) groups is 3. The van der Waals surface area contributed by atoms with Crippen LogP contribution in [-0.4, -0.2) is 37.9 Å². The van der Waals surface area contributed by atoms with E-state index < -0.39 is 17.5 Å². The van der Waals surface area contributed by atoms with Crippen LogP contribution in [0.4, 0.5) is 16.2 Å². The minimum Gasteiger partial charge on any atom is -0.359 e. The summed E-state index contributed by atoms with van der Waals surface area (Å²) in [6.45, 7) is 1.94. The van der Waals surface area contributed by atoms with Crippen LogP contribution in [-0.2, 0) is 21.7 Å². The third-order valence-electron chi connectivity index (χ3n) is 7.38. The Morgan fingerprint density at radius 2 is 1.45 bits per heavy atom. The summed E-state index contributed by atoms with van der Waals surface area (Å²) in [5.74, 6) is -1.32. The molecule has 0 saturated heterocycles. The first-order chi connectivity index (χ1) is 21.1. The van der Waals surface area contributed by atoms with Crippen molar-refractivity contribution in [3.63, 3.8) is 0 Å². The molecule has 0 bridgehead atoms. The Bertz CT molecular complexity index is 1570. The lowest BCUT2D eigenvalue weighted by atomic mass is 9.86. The number of hydrogen-bond donors (Lipinski definition) is 6. The van der Waals surface area contributed by atoms with E-state index in [0.717, 1.165) is 16.7 Å². The molecule has 226 valence electrons. The van der Waals surface area contributed by atoms with Crippen molar-refractivity contribution in [1.29, 1.82) is 5.41 Å². The lowest BCUT2D eigenvalue weighted by Crippen LogP contribution is -2.56. The Kier molecular flexibility index (Phi) is 9.97. The van der Waals surface area contributed by atoms with E-state index in [2.05, 4.69) is 21.3 Å². The molecule has 1 unspecified atom stereocenters. The predicted molar refractivity (Wildman–Crippen MR) is 173 cm³/mol. The number of nitrogens with zero attached hydrogens (tertiary/aromatic N) is 1. The first kappa shape index (κ1) is 31.3. The number of guanidine groups is 1. The molecule has 4 rings (SSSR count). The lowest BCUT2D eigenvalue weighted by molar-refractivity contribution is -0.131. The number of hydrogen-bond acceptors (Lipinski definition) is 4. The maximum atomic E-state index is 14.4. The Morgan fingerprint density at radius 3 is 2.00 bits per heavy atom. The van der Waals surface area contributed by atoms with Crippen molar-refractivity contribution in [1.82, 2.24) is 16.0 Å². The van der Waals surface area contributed by atoms with Crippen LogP contribution < -0.4 is 31.9 Å². The molecule has 0 aliphatic carbocycles. The molecule has 0 spiro atoms. The first-order valence-electron chi connectivity index (χ1n) is 14.1. The zero-order chi connectivity index (χ0) is 31.7. The summed E-state index contributed by atoms with van der Waals surface area (Å²) >= 11 is 0. The van der Waals surface area contributed by atoms with Crippen LogP contribution in [0.2, 0.25) is 0 Å². The number of amides is 4. The largest absolute Gasteiger partial charge is 0.359 e. The minimum absolute atomic E-state index is 0.0791. The van der Waals surface area contributed by atoms with E-state index in [9.17, 15) is 14.4 Å². The second-order valence-electron chi connectivity index (χ2n) is 10.4. The van der Waals surface area contributed by atoms with Gasteiger partial charge in [0.05, 0.1) is 5.92 Å². The summed E-state index contributed by atoms with van der Waals surface area (Å²) < 4.78 is 0. The first-order valence-corrected chi connectivity index (χ1v) is 14.1. The second-order valence-corrected chi connectivity index (χ2v) is 10.4. The van der Waals surface area contributed by atoms with E-state index in [1.165, 1.54) is 4.90 Å². The lowest BCUT2D eigenvalue weighted by Gasteiger charge is -2.35. The summed E-state index contributed by atoms with van der Waals surface area (Å²) in [6.07, 6.45) is 0. The summed E-state index contributed by atoms with van der Waals surface area (Å²) in [6, 6.07) is 32.4. The highest BCUT2D eigenvalue weighted by Crippen LogP contribution is 2.31. The van der Waals surface area contributed by atoms with Crippen molar-refractivity contribution in [3.8, 4) is 0 Å². The number of rotatable bonds is 10. The smallest absolute Gasteiger partial charge is 0.312 e. The number of urea groups is 1. The van der Waals surface area contributed by atoms with Crippen LogP contribution in [0.1, 0.15) is 35.1 Å². The molecule has 0 aromatic heterocycles. The summed E-state index contributed by atoms with van der Waals surface area (Å²) in [5.41, 5.74) is 7.75. The van der Waals surface area contributed by atoms with Crippen molar-refractivity contribution >= 4 is 35.2 Å². The molecule has 4 amide bonds. The summed E-state index contributed by atoms with van der Waals surface area (Å²) in [4.78, 5) is 41.3. The Morgan fingerprint density at radius 1 is 0.864 bits per heavy atom. The molecule has 0 radical (unpaired) electrons. The topological polar surface area (TPSA) is 152 Å². The van der Waals surface area contributed by atoms with Crippen molar-refractivity contribution in [2.45, 2.75) is 24.9 Å². The maximum absolute atomic E-state index is 14.4. The molecule has 0 aliphatic rings. The maximum Gasteiger partial charge on any atom is 0.312 e. The van der Waals surface area contributed by atoms with Gasteiger partial charge in [-0.25, -0.2) is 4.79 Å². The molecule has 0 saturated carbocycles. The standard InChI is InChI=1S/C34H37N7O3/c1-34(26-15-10-16-27(21-26)39-32(35)37-2,31(43)41(3)28-19-17-23(18-20-28)22-38-33(36)44)40-30(42)29(24-11-6-4-7-12-24)25-13-8-5-9-14-25/h4-21,29H,22H2,1-3H3,(H,40,42)(H3,35,37,39)(H3,36,38,44). The second kappa shape index (κ2) is 14.0. The zero-order valence-corrected chi connectivity index (χ0v) is 24.9. The molecule has 10 heteroatoms. The molecule has 10 nitrogen and oxygen atoms in total. The molecule has 4 aromatic rings. The fraction of sp³-hybridized carbons (Fsp3) is 0.176. The van der Waals surface area contributed by atoms with Crippen molar-refractivity contribution in [3.05, 3.63) is 131 Å². The monoisotopic (exact) mass is 591 g/mol. The number of nitrogens with two attached hydrogens (primary N) is 1. The SMILES string of the molecule is CNC(=N)Nc1cccc(C(C)(NC(=O)C(c2ccccc2)c2ccccc2)C(=O)N(C)c2ccc(CNC(N)=O)cc2)c1. The zero-order valence-electron chi connectivity index (χ0n) is 24.9. The van der Waals surface area contributed by atoms with E-state index >= 15 is 0 Å². The number of anilines is 2. The van der Waals surface area contributed by atoms with Crippen LogP contribution >= 0.6 is 0 Å². The molecule has 7 N–H and O–H groups in total. The summed E-state index contributed by atoms with van der Waals surface area (Å²) in [5, 5.41) is 19.3. The van der Waals surface area contributed by atoms with Gasteiger partial charge in [-0.1, -0.05) is 84.9 Å². The molecule has 0 fully saturated rings. The van der Waals surface area contributed by atoms with Gasteiger partial charge >= 0.3 is 6.03 Å². The average Bonchev–Trinajstić information content (AvgIpc) is 3.04. The highest BCUT2D eigenvalue weighted by atomic mass is 16.2. The van der Waals surface area contributed by atoms with Crippen LogP contribution in [0.3, 0.4) is 0 Å². The van der Waals surface area contributed by atoms with E-state index in [1.807, 2.05) is 60.7 Å². The van der Waals surface area contributed by atoms with Gasteiger partial charge in [0.1, 0.15) is 5.54 Å². The Balaban J connectivity index is 1.74. The van der Waals surface area contributed by atoms with Crippen molar-refractivity contribution < 1.29 is 14.4 Å². The fourth-order valence-corrected chi connectivity index (χ4v) is 4.95. The molecule has 1 atom stereocenters. The van der Waals surface area contributed by atoms with Gasteiger partial charge in [-0.2, -0.15) is 0 Å². The van der Waals surface area contributed by atoms with E-state index in [-0.39, 0.29) is 24.3 Å². The van der Waals surface area contributed by atoms with Gasteiger partial charge in [0, 0.05) is 32.0 Å². The van der Waals surface area contributed by atoms with Crippen LogP contribution in [0, 0.1) is 5.41 Å². The highest BCUT2D eigenvalue weighted by molar-refractivity contribution is 6.03. The number of likely N-dealkylation sites (N-methyl/N-ethyl adjacent to an activating group) is 1. The van der Waals surface area contributed by atoms with Gasteiger partial charge in [0.25, 0.3) is 5.91 Å². The number of nitrogens with one attached hydrogen (secondary N) is 5. The Labute approximate surface area is 257 Å². The van der Waals surface area contributed by atoms with Gasteiger partial charge in [-0.15, -0.1) is 0 Å². The van der Waals surface area contributed by atoms with Gasteiger partial charge in [-0.3, -0.25) is 15.0 Å². The van der Waals surface area contributed by atoms with Crippen LogP contribution in [0.15, 0.2) is 109 Å². The number of primary amides is 1. The molecule has 4 aromatic carbocycles. The van der Waals surface area contributed by atoms with Crippen LogP contribution in [0.25, 0.3) is 0 Å². The number of carbonyl (C=O) groups excluding carboxylic acids is 3.